The van der Waals surface area contributed by atoms with Gasteiger partial charge in [0.05, 0.1) is 5.69 Å². The van der Waals surface area contributed by atoms with Crippen LogP contribution in [0.3, 0.4) is 0 Å². The minimum absolute atomic E-state index is 0.0404. The van der Waals surface area contributed by atoms with Gasteiger partial charge in [0, 0.05) is 37.5 Å². The number of benzene rings is 1. The minimum Gasteiger partial charge on any atom is -0.396 e. The summed E-state index contributed by atoms with van der Waals surface area (Å²) in [6.07, 6.45) is 5.57. The third kappa shape index (κ3) is 4.57. The SMILES string of the molecule is O=C(NCc1cccc(-c2ccccn2)c1)N1CCCC[C@H]1CCO. The van der Waals surface area contributed by atoms with Crippen LogP contribution in [0, 0.1) is 0 Å². The minimum atomic E-state index is -0.0404. The fourth-order valence-electron chi connectivity index (χ4n) is 3.37. The summed E-state index contributed by atoms with van der Waals surface area (Å²) in [5, 5.41) is 12.2. The summed E-state index contributed by atoms with van der Waals surface area (Å²) in [6.45, 7) is 1.38. The van der Waals surface area contributed by atoms with Crippen LogP contribution in [0.25, 0.3) is 11.3 Å². The van der Waals surface area contributed by atoms with Crippen molar-refractivity contribution in [3.63, 3.8) is 0 Å². The van der Waals surface area contributed by atoms with E-state index in [9.17, 15) is 9.90 Å². The van der Waals surface area contributed by atoms with E-state index in [0.29, 0.717) is 13.0 Å². The average Bonchev–Trinajstić information content (AvgIpc) is 2.68. The monoisotopic (exact) mass is 339 g/mol. The van der Waals surface area contributed by atoms with Crippen LogP contribution >= 0.6 is 0 Å². The van der Waals surface area contributed by atoms with Crippen molar-refractivity contribution in [2.45, 2.75) is 38.3 Å². The standard InChI is InChI=1S/C20H25N3O2/c24-13-10-18-8-2-4-12-23(18)20(25)22-15-16-6-5-7-17(14-16)19-9-1-3-11-21-19/h1,3,5-7,9,11,14,18,24H,2,4,8,10,12-13,15H2,(H,22,25)/t18-/m0/s1. The Hall–Kier alpha value is -2.40. The predicted molar refractivity (Wildman–Crippen MR) is 98.0 cm³/mol. The lowest BCUT2D eigenvalue weighted by Crippen LogP contribution is -2.48. The molecule has 1 aliphatic rings. The zero-order valence-electron chi connectivity index (χ0n) is 14.4. The lowest BCUT2D eigenvalue weighted by Gasteiger charge is -2.35. The van der Waals surface area contributed by atoms with Crippen molar-refractivity contribution in [2.24, 2.45) is 0 Å². The van der Waals surface area contributed by atoms with Crippen LogP contribution < -0.4 is 5.32 Å². The van der Waals surface area contributed by atoms with Gasteiger partial charge in [-0.2, -0.15) is 0 Å². The van der Waals surface area contributed by atoms with Crippen LogP contribution in [-0.2, 0) is 6.54 Å². The molecule has 1 fully saturated rings. The number of aliphatic hydroxyl groups excluding tert-OH is 1. The Kier molecular flexibility index (Phi) is 6.01. The highest BCUT2D eigenvalue weighted by Gasteiger charge is 2.25. The van der Waals surface area contributed by atoms with E-state index < -0.39 is 0 Å². The molecule has 3 rings (SSSR count). The van der Waals surface area contributed by atoms with Crippen molar-refractivity contribution in [1.82, 2.24) is 15.2 Å². The van der Waals surface area contributed by atoms with Gasteiger partial charge in [-0.1, -0.05) is 24.3 Å². The number of amides is 2. The van der Waals surface area contributed by atoms with Gasteiger partial charge >= 0.3 is 6.03 Å². The highest BCUT2D eigenvalue weighted by molar-refractivity contribution is 5.74. The third-order valence-corrected chi connectivity index (χ3v) is 4.68. The third-order valence-electron chi connectivity index (χ3n) is 4.68. The predicted octanol–water partition coefficient (Wildman–Crippen LogP) is 3.20. The van der Waals surface area contributed by atoms with E-state index >= 15 is 0 Å². The second-order valence-corrected chi connectivity index (χ2v) is 6.43. The summed E-state index contributed by atoms with van der Waals surface area (Å²) in [5.41, 5.74) is 3.02. The molecule has 1 aliphatic heterocycles. The zero-order valence-corrected chi connectivity index (χ0v) is 14.4. The Bertz CT molecular complexity index is 688. The maximum Gasteiger partial charge on any atom is 0.317 e. The fourth-order valence-corrected chi connectivity index (χ4v) is 3.37. The molecule has 0 spiro atoms. The molecule has 1 aromatic heterocycles. The first kappa shape index (κ1) is 17.4. The largest absolute Gasteiger partial charge is 0.396 e. The molecule has 5 nitrogen and oxygen atoms in total. The van der Waals surface area contributed by atoms with Crippen molar-refractivity contribution in [3.8, 4) is 11.3 Å². The molecule has 0 bridgehead atoms. The maximum atomic E-state index is 12.5. The number of carbonyl (C=O) groups excluding carboxylic acids is 1. The molecular formula is C20H25N3O2. The van der Waals surface area contributed by atoms with Gasteiger partial charge in [0.2, 0.25) is 0 Å². The van der Waals surface area contributed by atoms with E-state index in [1.54, 1.807) is 6.20 Å². The number of nitrogens with zero attached hydrogens (tertiary/aromatic N) is 2. The molecule has 1 atom stereocenters. The van der Waals surface area contributed by atoms with E-state index in [-0.39, 0.29) is 18.7 Å². The highest BCUT2D eigenvalue weighted by atomic mass is 16.3. The second-order valence-electron chi connectivity index (χ2n) is 6.43. The summed E-state index contributed by atoms with van der Waals surface area (Å²) in [4.78, 5) is 18.8. The number of likely N-dealkylation sites (tertiary alicyclic amines) is 1. The molecule has 0 aliphatic carbocycles. The Morgan fingerprint density at radius 2 is 2.16 bits per heavy atom. The number of rotatable bonds is 5. The topological polar surface area (TPSA) is 65.5 Å². The molecule has 0 radical (unpaired) electrons. The number of urea groups is 1. The summed E-state index contributed by atoms with van der Waals surface area (Å²) >= 11 is 0. The lowest BCUT2D eigenvalue weighted by molar-refractivity contribution is 0.131. The van der Waals surface area contributed by atoms with Crippen LogP contribution in [-0.4, -0.2) is 40.2 Å². The lowest BCUT2D eigenvalue weighted by atomic mass is 10.00. The Morgan fingerprint density at radius 3 is 2.96 bits per heavy atom. The summed E-state index contributed by atoms with van der Waals surface area (Å²) in [6, 6.07) is 14.0. The van der Waals surface area contributed by atoms with Crippen LogP contribution in [0.4, 0.5) is 4.79 Å². The number of hydrogen-bond donors (Lipinski definition) is 2. The quantitative estimate of drug-likeness (QED) is 0.879. The van der Waals surface area contributed by atoms with Gasteiger partial charge in [-0.25, -0.2) is 4.79 Å². The molecule has 25 heavy (non-hydrogen) atoms. The van der Waals surface area contributed by atoms with Crippen molar-refractivity contribution in [2.75, 3.05) is 13.2 Å². The molecule has 2 N–H and O–H groups in total. The molecule has 2 aromatic rings. The van der Waals surface area contributed by atoms with Crippen LogP contribution in [0.2, 0.25) is 0 Å². The molecule has 0 saturated carbocycles. The fraction of sp³-hybridized carbons (Fsp3) is 0.400. The van der Waals surface area contributed by atoms with E-state index in [4.69, 9.17) is 0 Å². The second kappa shape index (κ2) is 8.62. The van der Waals surface area contributed by atoms with Crippen molar-refractivity contribution < 1.29 is 9.90 Å². The summed E-state index contributed by atoms with van der Waals surface area (Å²) in [7, 11) is 0. The van der Waals surface area contributed by atoms with Crippen molar-refractivity contribution >= 4 is 6.03 Å². The molecule has 2 heterocycles. The molecule has 1 saturated heterocycles. The first-order valence-corrected chi connectivity index (χ1v) is 8.93. The van der Waals surface area contributed by atoms with E-state index in [1.807, 2.05) is 41.3 Å². The van der Waals surface area contributed by atoms with Gasteiger partial charge in [0.15, 0.2) is 0 Å². The molecule has 1 aromatic carbocycles. The number of piperidine rings is 1. The van der Waals surface area contributed by atoms with Crippen molar-refractivity contribution in [3.05, 3.63) is 54.2 Å². The van der Waals surface area contributed by atoms with Gasteiger partial charge in [0.1, 0.15) is 0 Å². The van der Waals surface area contributed by atoms with Gasteiger partial charge in [-0.05, 0) is 49.4 Å². The molecule has 5 heteroatoms. The number of carbonyl (C=O) groups is 1. The number of hydrogen-bond acceptors (Lipinski definition) is 3. The zero-order chi connectivity index (χ0) is 17.5. The summed E-state index contributed by atoms with van der Waals surface area (Å²) in [5.74, 6) is 0. The van der Waals surface area contributed by atoms with Crippen LogP contribution in [0.5, 0.6) is 0 Å². The van der Waals surface area contributed by atoms with Crippen LogP contribution in [0.1, 0.15) is 31.2 Å². The van der Waals surface area contributed by atoms with Gasteiger partial charge < -0.3 is 15.3 Å². The number of nitrogens with one attached hydrogen (secondary N) is 1. The summed E-state index contributed by atoms with van der Waals surface area (Å²) < 4.78 is 0. The normalized spacial score (nSPS) is 17.3. The van der Waals surface area contributed by atoms with Crippen LogP contribution in [0.15, 0.2) is 48.7 Å². The Labute approximate surface area is 148 Å². The smallest absolute Gasteiger partial charge is 0.317 e. The van der Waals surface area contributed by atoms with E-state index in [0.717, 1.165) is 42.6 Å². The van der Waals surface area contributed by atoms with Crippen molar-refractivity contribution in [1.29, 1.82) is 0 Å². The van der Waals surface area contributed by atoms with E-state index in [1.165, 1.54) is 0 Å². The van der Waals surface area contributed by atoms with Gasteiger partial charge in [-0.15, -0.1) is 0 Å². The van der Waals surface area contributed by atoms with E-state index in [2.05, 4.69) is 16.4 Å². The first-order valence-electron chi connectivity index (χ1n) is 8.93. The number of pyridine rings is 1. The Balaban J connectivity index is 1.62. The molecule has 132 valence electrons. The Morgan fingerprint density at radius 1 is 1.24 bits per heavy atom. The van der Waals surface area contributed by atoms with Gasteiger partial charge in [-0.3, -0.25) is 4.98 Å². The molecule has 0 unspecified atom stereocenters. The average molecular weight is 339 g/mol. The number of aliphatic hydroxyl groups is 1. The molecule has 2 amide bonds. The maximum absolute atomic E-state index is 12.5. The van der Waals surface area contributed by atoms with Gasteiger partial charge in [0.25, 0.3) is 0 Å². The first-order chi connectivity index (χ1) is 12.3. The molecular weight excluding hydrogens is 314 g/mol. The highest BCUT2D eigenvalue weighted by Crippen LogP contribution is 2.20. The number of aromatic nitrogens is 1.